The Labute approximate surface area is 146 Å². The van der Waals surface area contributed by atoms with E-state index in [0.29, 0.717) is 5.75 Å². The van der Waals surface area contributed by atoms with Crippen molar-refractivity contribution in [2.45, 2.75) is 26.0 Å². The fraction of sp³-hybridized carbons (Fsp3) is 0.263. The number of benzene rings is 2. The molecule has 0 aliphatic rings. The maximum Gasteiger partial charge on any atom is 0.234 e. The zero-order valence-electron chi connectivity index (χ0n) is 14.1. The summed E-state index contributed by atoms with van der Waals surface area (Å²) < 4.78 is 0. The van der Waals surface area contributed by atoms with Gasteiger partial charge in [-0.05, 0) is 50.1 Å². The summed E-state index contributed by atoms with van der Waals surface area (Å²) in [5.74, 6) is 1.31. The molecule has 0 spiro atoms. The topological polar surface area (TPSA) is 57.8 Å². The van der Waals surface area contributed by atoms with Crippen molar-refractivity contribution >= 4 is 34.4 Å². The number of amides is 1. The maximum absolute atomic E-state index is 12.2. The van der Waals surface area contributed by atoms with E-state index in [-0.39, 0.29) is 11.2 Å². The summed E-state index contributed by atoms with van der Waals surface area (Å²) in [6.07, 6.45) is 0. The van der Waals surface area contributed by atoms with Crippen molar-refractivity contribution in [1.29, 1.82) is 0 Å². The third kappa shape index (κ3) is 3.62. The van der Waals surface area contributed by atoms with Gasteiger partial charge in [-0.25, -0.2) is 4.98 Å². The molecule has 5 heteroatoms. The molecule has 1 unspecified atom stereocenters. The van der Waals surface area contributed by atoms with Gasteiger partial charge in [-0.15, -0.1) is 11.8 Å². The molecule has 1 amide bonds. The number of anilines is 1. The van der Waals surface area contributed by atoms with E-state index in [2.05, 4.69) is 22.2 Å². The van der Waals surface area contributed by atoms with E-state index in [1.54, 1.807) is 11.8 Å². The molecule has 1 atom stereocenters. The van der Waals surface area contributed by atoms with Crippen LogP contribution in [0.25, 0.3) is 11.0 Å². The Morgan fingerprint density at radius 3 is 2.79 bits per heavy atom. The van der Waals surface area contributed by atoms with Gasteiger partial charge in [-0.2, -0.15) is 0 Å². The average molecular weight is 339 g/mol. The van der Waals surface area contributed by atoms with Gasteiger partial charge in [0.25, 0.3) is 0 Å². The SMILES string of the molecule is Cc1cccc(NC(=O)CSC(C)c2nc3ccccc3[nH]2)c1C. The van der Waals surface area contributed by atoms with Crippen LogP contribution in [-0.2, 0) is 4.79 Å². The van der Waals surface area contributed by atoms with E-state index in [1.807, 2.05) is 56.3 Å². The van der Waals surface area contributed by atoms with E-state index in [1.165, 1.54) is 5.56 Å². The Morgan fingerprint density at radius 1 is 1.21 bits per heavy atom. The number of aromatic nitrogens is 2. The highest BCUT2D eigenvalue weighted by atomic mass is 32.2. The lowest BCUT2D eigenvalue weighted by Gasteiger charge is -2.11. The van der Waals surface area contributed by atoms with Crippen molar-refractivity contribution in [3.63, 3.8) is 0 Å². The molecule has 1 heterocycles. The zero-order valence-corrected chi connectivity index (χ0v) is 14.9. The minimum Gasteiger partial charge on any atom is -0.341 e. The lowest BCUT2D eigenvalue weighted by molar-refractivity contribution is -0.113. The van der Waals surface area contributed by atoms with Gasteiger partial charge < -0.3 is 10.3 Å². The number of hydrogen-bond donors (Lipinski definition) is 2. The maximum atomic E-state index is 12.2. The summed E-state index contributed by atoms with van der Waals surface area (Å²) in [5, 5.41) is 3.12. The van der Waals surface area contributed by atoms with Crippen molar-refractivity contribution in [2.24, 2.45) is 0 Å². The first-order valence-electron chi connectivity index (χ1n) is 7.97. The monoisotopic (exact) mass is 339 g/mol. The van der Waals surface area contributed by atoms with Crippen LogP contribution in [0.2, 0.25) is 0 Å². The smallest absolute Gasteiger partial charge is 0.234 e. The number of nitrogens with one attached hydrogen (secondary N) is 2. The number of thioether (sulfide) groups is 1. The first-order valence-corrected chi connectivity index (χ1v) is 9.02. The van der Waals surface area contributed by atoms with Crippen molar-refractivity contribution in [3.05, 3.63) is 59.4 Å². The van der Waals surface area contributed by atoms with Gasteiger partial charge in [0.15, 0.2) is 0 Å². The number of carbonyl (C=O) groups is 1. The molecule has 1 aromatic heterocycles. The van der Waals surface area contributed by atoms with Crippen molar-refractivity contribution in [2.75, 3.05) is 11.1 Å². The summed E-state index contributed by atoms with van der Waals surface area (Å²) in [6.45, 7) is 6.13. The second-order valence-corrected chi connectivity index (χ2v) is 7.22. The van der Waals surface area contributed by atoms with Gasteiger partial charge in [-0.1, -0.05) is 24.3 Å². The Morgan fingerprint density at radius 2 is 2.00 bits per heavy atom. The minimum absolute atomic E-state index is 0.0108. The molecule has 0 fully saturated rings. The fourth-order valence-electron chi connectivity index (χ4n) is 2.52. The number of H-pyrrole nitrogens is 1. The molecule has 2 aromatic carbocycles. The molecular formula is C19H21N3OS. The molecule has 2 N–H and O–H groups in total. The van der Waals surface area contributed by atoms with E-state index in [0.717, 1.165) is 28.1 Å². The quantitative estimate of drug-likeness (QED) is 0.713. The predicted octanol–water partition coefficient (Wildman–Crippen LogP) is 4.61. The summed E-state index contributed by atoms with van der Waals surface area (Å²) in [7, 11) is 0. The largest absolute Gasteiger partial charge is 0.341 e. The second-order valence-electron chi connectivity index (χ2n) is 5.89. The van der Waals surface area contributed by atoms with Gasteiger partial charge >= 0.3 is 0 Å². The van der Waals surface area contributed by atoms with Crippen molar-refractivity contribution in [1.82, 2.24) is 9.97 Å². The average Bonchev–Trinajstić information content (AvgIpc) is 3.01. The van der Waals surface area contributed by atoms with Crippen LogP contribution in [0, 0.1) is 13.8 Å². The Balaban J connectivity index is 1.60. The summed E-state index contributed by atoms with van der Waals surface area (Å²) in [6, 6.07) is 13.9. The van der Waals surface area contributed by atoms with Crippen LogP contribution in [0.3, 0.4) is 0 Å². The zero-order chi connectivity index (χ0) is 17.1. The molecule has 0 bridgehead atoms. The van der Waals surface area contributed by atoms with Crippen LogP contribution in [0.1, 0.15) is 29.1 Å². The van der Waals surface area contributed by atoms with Gasteiger partial charge in [0.2, 0.25) is 5.91 Å². The fourth-order valence-corrected chi connectivity index (χ4v) is 3.26. The number of rotatable bonds is 5. The van der Waals surface area contributed by atoms with Gasteiger partial charge in [0.1, 0.15) is 5.82 Å². The molecular weight excluding hydrogens is 318 g/mol. The lowest BCUT2D eigenvalue weighted by atomic mass is 10.1. The molecule has 4 nitrogen and oxygen atoms in total. The van der Waals surface area contributed by atoms with Gasteiger partial charge in [0, 0.05) is 5.69 Å². The Bertz CT molecular complexity index is 839. The van der Waals surface area contributed by atoms with E-state index < -0.39 is 0 Å². The Kier molecular flexibility index (Phi) is 4.90. The number of nitrogens with zero attached hydrogens (tertiary/aromatic N) is 1. The van der Waals surface area contributed by atoms with Crippen LogP contribution in [0.5, 0.6) is 0 Å². The minimum atomic E-state index is 0.0108. The highest BCUT2D eigenvalue weighted by Gasteiger charge is 2.14. The van der Waals surface area contributed by atoms with Crippen molar-refractivity contribution in [3.8, 4) is 0 Å². The number of carbonyl (C=O) groups excluding carboxylic acids is 1. The van der Waals surface area contributed by atoms with Crippen LogP contribution in [-0.4, -0.2) is 21.6 Å². The van der Waals surface area contributed by atoms with Crippen LogP contribution in [0.15, 0.2) is 42.5 Å². The van der Waals surface area contributed by atoms with Crippen molar-refractivity contribution < 1.29 is 4.79 Å². The van der Waals surface area contributed by atoms with Gasteiger partial charge in [-0.3, -0.25) is 4.79 Å². The predicted molar refractivity (Wildman–Crippen MR) is 102 cm³/mol. The number of para-hydroxylation sites is 2. The first-order chi connectivity index (χ1) is 11.5. The third-order valence-corrected chi connectivity index (χ3v) is 5.29. The number of fused-ring (bicyclic) bond motifs is 1. The third-order valence-electron chi connectivity index (χ3n) is 4.14. The number of hydrogen-bond acceptors (Lipinski definition) is 3. The molecule has 0 saturated heterocycles. The number of imidazole rings is 1. The summed E-state index contributed by atoms with van der Waals surface area (Å²) in [5.41, 5.74) is 5.16. The normalized spacial score (nSPS) is 12.3. The summed E-state index contributed by atoms with van der Waals surface area (Å²) >= 11 is 1.58. The molecule has 124 valence electrons. The van der Waals surface area contributed by atoms with E-state index in [4.69, 9.17) is 0 Å². The number of aryl methyl sites for hydroxylation is 1. The van der Waals surface area contributed by atoms with E-state index in [9.17, 15) is 4.79 Å². The highest BCUT2D eigenvalue weighted by Crippen LogP contribution is 2.28. The highest BCUT2D eigenvalue weighted by molar-refractivity contribution is 8.00. The molecule has 24 heavy (non-hydrogen) atoms. The molecule has 3 aromatic rings. The standard InChI is InChI=1S/C19H21N3OS/c1-12-7-6-10-15(13(12)2)20-18(23)11-24-14(3)19-21-16-8-4-5-9-17(16)22-19/h4-10,14H,11H2,1-3H3,(H,20,23)(H,21,22). The molecule has 0 radical (unpaired) electrons. The van der Waals surface area contributed by atoms with E-state index >= 15 is 0 Å². The Hall–Kier alpha value is -2.27. The first kappa shape index (κ1) is 16.6. The number of aromatic amines is 1. The van der Waals surface area contributed by atoms with Crippen LogP contribution >= 0.6 is 11.8 Å². The lowest BCUT2D eigenvalue weighted by Crippen LogP contribution is -2.15. The molecule has 3 rings (SSSR count). The van der Waals surface area contributed by atoms with Gasteiger partial charge in [0.05, 0.1) is 22.0 Å². The van der Waals surface area contributed by atoms with Crippen LogP contribution < -0.4 is 5.32 Å². The second kappa shape index (κ2) is 7.09. The molecule has 0 saturated carbocycles. The summed E-state index contributed by atoms with van der Waals surface area (Å²) in [4.78, 5) is 20.1. The molecule has 0 aliphatic carbocycles. The molecule has 0 aliphatic heterocycles. The van der Waals surface area contributed by atoms with Crippen LogP contribution in [0.4, 0.5) is 5.69 Å².